The molecule has 0 saturated carbocycles. The minimum Gasteiger partial charge on any atom is -0.322 e. The molecule has 2 aromatic carbocycles. The van der Waals surface area contributed by atoms with Crippen molar-refractivity contribution >= 4 is 21.6 Å². The highest BCUT2D eigenvalue weighted by Crippen LogP contribution is 2.25. The van der Waals surface area contributed by atoms with E-state index in [4.69, 9.17) is 0 Å². The Hall–Kier alpha value is -2.25. The lowest BCUT2D eigenvalue weighted by Crippen LogP contribution is -2.28. The number of carbonyl (C=O) groups excluding carboxylic acids is 1. The molecule has 132 valence electrons. The normalized spacial score (nSPS) is 15.3. The van der Waals surface area contributed by atoms with Crippen molar-refractivity contribution in [2.24, 2.45) is 0 Å². The highest BCUT2D eigenvalue weighted by Gasteiger charge is 2.29. The minimum atomic E-state index is -3.60. The molecule has 5 nitrogen and oxygen atoms in total. The first-order valence-electron chi connectivity index (χ1n) is 8.05. The lowest BCUT2D eigenvalue weighted by molar-refractivity contribution is 0.102. The van der Waals surface area contributed by atoms with Gasteiger partial charge in [-0.05, 0) is 61.7 Å². The topological polar surface area (TPSA) is 66.5 Å². The summed E-state index contributed by atoms with van der Waals surface area (Å²) in [6.07, 6.45) is 1.70. The van der Waals surface area contributed by atoms with Crippen LogP contribution in [0, 0.1) is 12.7 Å². The monoisotopic (exact) mass is 362 g/mol. The van der Waals surface area contributed by atoms with Gasteiger partial charge in [0.2, 0.25) is 10.0 Å². The van der Waals surface area contributed by atoms with Crippen LogP contribution in [-0.2, 0) is 10.0 Å². The zero-order valence-electron chi connectivity index (χ0n) is 13.8. The summed E-state index contributed by atoms with van der Waals surface area (Å²) in [5, 5.41) is 2.64. The third-order valence-electron chi connectivity index (χ3n) is 4.24. The van der Waals surface area contributed by atoms with E-state index in [1.54, 1.807) is 19.1 Å². The molecule has 3 rings (SSSR count). The molecule has 0 spiro atoms. The molecular weight excluding hydrogens is 343 g/mol. The predicted molar refractivity (Wildman–Crippen MR) is 93.5 cm³/mol. The third kappa shape index (κ3) is 3.72. The van der Waals surface area contributed by atoms with Crippen LogP contribution < -0.4 is 5.32 Å². The number of hydrogen-bond acceptors (Lipinski definition) is 3. The first-order valence-corrected chi connectivity index (χ1v) is 9.50. The Bertz CT molecular complexity index is 889. The molecule has 1 fully saturated rings. The standard InChI is InChI=1S/C18H19FN2O3S/c1-13-4-5-14(18(22)20-16-8-6-15(19)7-9-16)12-17(13)25(23,24)21-10-2-3-11-21/h4-9,12H,2-3,10-11H2,1H3,(H,20,22). The molecule has 0 aliphatic carbocycles. The quantitative estimate of drug-likeness (QED) is 0.908. The Morgan fingerprint density at radius 2 is 1.72 bits per heavy atom. The van der Waals surface area contributed by atoms with Gasteiger partial charge in [-0.1, -0.05) is 6.07 Å². The zero-order chi connectivity index (χ0) is 18.0. The summed E-state index contributed by atoms with van der Waals surface area (Å²) in [6.45, 7) is 2.73. The van der Waals surface area contributed by atoms with Crippen LogP contribution in [0.25, 0.3) is 0 Å². The summed E-state index contributed by atoms with van der Waals surface area (Å²) in [5.41, 5.74) is 1.29. The van der Waals surface area contributed by atoms with Crippen molar-refractivity contribution in [3.05, 3.63) is 59.4 Å². The molecule has 1 N–H and O–H groups in total. The third-order valence-corrected chi connectivity index (χ3v) is 6.28. The number of nitrogens with zero attached hydrogens (tertiary/aromatic N) is 1. The number of carbonyl (C=O) groups is 1. The van der Waals surface area contributed by atoms with E-state index in [1.165, 1.54) is 34.6 Å². The maximum absolute atomic E-state index is 12.9. The maximum Gasteiger partial charge on any atom is 0.255 e. The van der Waals surface area contributed by atoms with Gasteiger partial charge >= 0.3 is 0 Å². The van der Waals surface area contributed by atoms with Gasteiger partial charge in [0.1, 0.15) is 5.82 Å². The molecule has 1 saturated heterocycles. The lowest BCUT2D eigenvalue weighted by atomic mass is 10.1. The van der Waals surface area contributed by atoms with Crippen molar-refractivity contribution in [3.63, 3.8) is 0 Å². The number of aryl methyl sites for hydroxylation is 1. The lowest BCUT2D eigenvalue weighted by Gasteiger charge is -2.17. The van der Waals surface area contributed by atoms with Gasteiger partial charge in [-0.25, -0.2) is 12.8 Å². The molecule has 1 amide bonds. The Morgan fingerprint density at radius 3 is 2.36 bits per heavy atom. The van der Waals surface area contributed by atoms with Crippen molar-refractivity contribution < 1.29 is 17.6 Å². The van der Waals surface area contributed by atoms with E-state index in [1.807, 2.05) is 0 Å². The molecule has 1 aliphatic rings. The van der Waals surface area contributed by atoms with Gasteiger partial charge in [0.15, 0.2) is 0 Å². The molecule has 2 aromatic rings. The summed E-state index contributed by atoms with van der Waals surface area (Å²) < 4.78 is 40.0. The number of sulfonamides is 1. The van der Waals surface area contributed by atoms with Crippen LogP contribution in [0.2, 0.25) is 0 Å². The second-order valence-electron chi connectivity index (χ2n) is 6.05. The number of benzene rings is 2. The molecule has 0 unspecified atom stereocenters. The van der Waals surface area contributed by atoms with E-state index in [-0.39, 0.29) is 10.5 Å². The van der Waals surface area contributed by atoms with Crippen LogP contribution in [0.1, 0.15) is 28.8 Å². The van der Waals surface area contributed by atoms with Crippen LogP contribution >= 0.6 is 0 Å². The number of hydrogen-bond donors (Lipinski definition) is 1. The number of nitrogens with one attached hydrogen (secondary N) is 1. The number of amides is 1. The summed E-state index contributed by atoms with van der Waals surface area (Å²) in [7, 11) is -3.60. The highest BCUT2D eigenvalue weighted by molar-refractivity contribution is 7.89. The molecule has 0 aromatic heterocycles. The summed E-state index contributed by atoms with van der Waals surface area (Å²) >= 11 is 0. The molecule has 1 aliphatic heterocycles. The molecule has 25 heavy (non-hydrogen) atoms. The predicted octanol–water partition coefficient (Wildman–Crippen LogP) is 3.17. The van der Waals surface area contributed by atoms with Gasteiger partial charge < -0.3 is 5.32 Å². The molecule has 0 bridgehead atoms. The van der Waals surface area contributed by atoms with Crippen molar-refractivity contribution in [2.45, 2.75) is 24.7 Å². The second kappa shape index (κ2) is 6.93. The molecular formula is C18H19FN2O3S. The average molecular weight is 362 g/mol. The minimum absolute atomic E-state index is 0.154. The average Bonchev–Trinajstić information content (AvgIpc) is 3.12. The van der Waals surface area contributed by atoms with E-state index in [0.29, 0.717) is 24.3 Å². The SMILES string of the molecule is Cc1ccc(C(=O)Nc2ccc(F)cc2)cc1S(=O)(=O)N1CCCC1. The molecule has 1 heterocycles. The van der Waals surface area contributed by atoms with Crippen molar-refractivity contribution in [2.75, 3.05) is 18.4 Å². The maximum atomic E-state index is 12.9. The van der Waals surface area contributed by atoms with E-state index >= 15 is 0 Å². The van der Waals surface area contributed by atoms with Gasteiger partial charge in [-0.3, -0.25) is 4.79 Å². The fraction of sp³-hybridized carbons (Fsp3) is 0.278. The van der Waals surface area contributed by atoms with Crippen LogP contribution in [0.5, 0.6) is 0 Å². The highest BCUT2D eigenvalue weighted by atomic mass is 32.2. The first kappa shape index (κ1) is 17.6. The van der Waals surface area contributed by atoms with E-state index < -0.39 is 21.7 Å². The van der Waals surface area contributed by atoms with Crippen molar-refractivity contribution in [3.8, 4) is 0 Å². The summed E-state index contributed by atoms with van der Waals surface area (Å²) in [6, 6.07) is 10.00. The first-order chi connectivity index (χ1) is 11.9. The van der Waals surface area contributed by atoms with Gasteiger partial charge in [0.25, 0.3) is 5.91 Å². The Kier molecular flexibility index (Phi) is 4.87. The molecule has 0 radical (unpaired) electrons. The Labute approximate surface area is 146 Å². The number of halogens is 1. The number of anilines is 1. The fourth-order valence-corrected chi connectivity index (χ4v) is 4.59. The van der Waals surface area contributed by atoms with Gasteiger partial charge in [0, 0.05) is 24.3 Å². The molecule has 0 atom stereocenters. The molecule has 7 heteroatoms. The fourth-order valence-electron chi connectivity index (χ4n) is 2.82. The van der Waals surface area contributed by atoms with E-state index in [2.05, 4.69) is 5.32 Å². The Balaban J connectivity index is 1.88. The second-order valence-corrected chi connectivity index (χ2v) is 7.96. The zero-order valence-corrected chi connectivity index (χ0v) is 14.6. The smallest absolute Gasteiger partial charge is 0.255 e. The number of rotatable bonds is 4. The van der Waals surface area contributed by atoms with Crippen LogP contribution in [-0.4, -0.2) is 31.7 Å². The summed E-state index contributed by atoms with van der Waals surface area (Å²) in [5.74, 6) is -0.836. The summed E-state index contributed by atoms with van der Waals surface area (Å²) in [4.78, 5) is 12.6. The van der Waals surface area contributed by atoms with Crippen molar-refractivity contribution in [1.29, 1.82) is 0 Å². The van der Waals surface area contributed by atoms with Gasteiger partial charge in [0.05, 0.1) is 4.90 Å². The van der Waals surface area contributed by atoms with Crippen molar-refractivity contribution in [1.82, 2.24) is 4.31 Å². The van der Waals surface area contributed by atoms with E-state index in [0.717, 1.165) is 12.8 Å². The van der Waals surface area contributed by atoms with E-state index in [9.17, 15) is 17.6 Å². The van der Waals surface area contributed by atoms with Gasteiger partial charge in [-0.15, -0.1) is 0 Å². The van der Waals surface area contributed by atoms with Crippen LogP contribution in [0.4, 0.5) is 10.1 Å². The largest absolute Gasteiger partial charge is 0.322 e. The van der Waals surface area contributed by atoms with Gasteiger partial charge in [-0.2, -0.15) is 4.31 Å². The van der Waals surface area contributed by atoms with Crippen LogP contribution in [0.15, 0.2) is 47.4 Å². The Morgan fingerprint density at radius 1 is 1.08 bits per heavy atom. The van der Waals surface area contributed by atoms with Crippen LogP contribution in [0.3, 0.4) is 0 Å².